The molecule has 0 saturated carbocycles. The van der Waals surface area contributed by atoms with Crippen molar-refractivity contribution in [3.8, 4) is 0 Å². The highest BCUT2D eigenvalue weighted by Crippen LogP contribution is 2.30. The fraction of sp³-hybridized carbons (Fsp3) is 0.316. The van der Waals surface area contributed by atoms with Crippen LogP contribution in [0.1, 0.15) is 33.5 Å². The molecular formula is C19H21ClN2O3. The Labute approximate surface area is 151 Å². The van der Waals surface area contributed by atoms with E-state index < -0.39 is 0 Å². The Kier molecular flexibility index (Phi) is 4.88. The molecule has 1 N–H and O–H groups in total. The van der Waals surface area contributed by atoms with Gasteiger partial charge in [0, 0.05) is 22.5 Å². The molecule has 5 nitrogen and oxygen atoms in total. The summed E-state index contributed by atoms with van der Waals surface area (Å²) in [6, 6.07) is 7.37. The number of nitrogens with one attached hydrogen (secondary N) is 1. The molecule has 3 aromatic rings. The van der Waals surface area contributed by atoms with Gasteiger partial charge in [0.05, 0.1) is 12.3 Å². The predicted octanol–water partition coefficient (Wildman–Crippen LogP) is 4.33. The Morgan fingerprint density at radius 1 is 1.32 bits per heavy atom. The van der Waals surface area contributed by atoms with Crippen molar-refractivity contribution in [3.63, 3.8) is 0 Å². The molecular weight excluding hydrogens is 340 g/mol. The van der Waals surface area contributed by atoms with Gasteiger partial charge in [-0.15, -0.1) is 0 Å². The zero-order valence-corrected chi connectivity index (χ0v) is 15.5. The third-order valence-electron chi connectivity index (χ3n) is 4.37. The first kappa shape index (κ1) is 17.6. The molecule has 1 atom stereocenters. The number of fused-ring (bicyclic) bond motifs is 1. The molecule has 0 aliphatic rings. The van der Waals surface area contributed by atoms with Gasteiger partial charge >= 0.3 is 0 Å². The molecule has 0 unspecified atom stereocenters. The number of rotatable bonds is 5. The van der Waals surface area contributed by atoms with Gasteiger partial charge in [-0.2, -0.15) is 0 Å². The average molecular weight is 361 g/mol. The van der Waals surface area contributed by atoms with E-state index in [1.54, 1.807) is 6.26 Å². The van der Waals surface area contributed by atoms with Gasteiger partial charge in [-0.25, -0.2) is 0 Å². The molecule has 25 heavy (non-hydrogen) atoms. The second-order valence-corrected chi connectivity index (χ2v) is 6.77. The predicted molar refractivity (Wildman–Crippen MR) is 98.2 cm³/mol. The van der Waals surface area contributed by atoms with Crippen LogP contribution in [0.4, 0.5) is 0 Å². The normalized spacial score (nSPS) is 12.7. The van der Waals surface area contributed by atoms with Crippen molar-refractivity contribution in [1.82, 2.24) is 10.2 Å². The maximum Gasteiger partial charge on any atom is 0.287 e. The van der Waals surface area contributed by atoms with E-state index in [1.165, 1.54) is 0 Å². The number of hydrogen-bond acceptors (Lipinski definition) is 4. The summed E-state index contributed by atoms with van der Waals surface area (Å²) in [5.74, 6) is 0.864. The van der Waals surface area contributed by atoms with Crippen LogP contribution < -0.4 is 5.32 Å². The molecule has 0 aliphatic carbocycles. The molecule has 0 bridgehead atoms. The van der Waals surface area contributed by atoms with Gasteiger partial charge in [-0.05, 0) is 57.8 Å². The summed E-state index contributed by atoms with van der Waals surface area (Å²) >= 11 is 6.18. The van der Waals surface area contributed by atoms with Gasteiger partial charge in [-0.3, -0.25) is 9.69 Å². The molecule has 132 valence electrons. The van der Waals surface area contributed by atoms with Crippen molar-refractivity contribution in [2.75, 3.05) is 20.6 Å². The summed E-state index contributed by atoms with van der Waals surface area (Å²) in [5.41, 5.74) is 2.37. The number of likely N-dealkylation sites (N-methyl/N-ethyl adjacent to an activating group) is 1. The molecule has 0 spiro atoms. The lowest BCUT2D eigenvalue weighted by Gasteiger charge is -2.22. The van der Waals surface area contributed by atoms with Crippen molar-refractivity contribution in [1.29, 1.82) is 0 Å². The Morgan fingerprint density at radius 3 is 2.72 bits per heavy atom. The third kappa shape index (κ3) is 3.43. The molecule has 1 aromatic carbocycles. The molecule has 2 heterocycles. The number of aryl methyl sites for hydroxylation is 2. The van der Waals surface area contributed by atoms with Crippen molar-refractivity contribution >= 4 is 28.5 Å². The van der Waals surface area contributed by atoms with Gasteiger partial charge in [-0.1, -0.05) is 11.6 Å². The van der Waals surface area contributed by atoms with Crippen LogP contribution in [0.15, 0.2) is 39.4 Å². The molecule has 6 heteroatoms. The molecule has 0 saturated heterocycles. The maximum absolute atomic E-state index is 12.6. The van der Waals surface area contributed by atoms with Gasteiger partial charge in [0.15, 0.2) is 5.76 Å². The highest BCUT2D eigenvalue weighted by molar-refractivity contribution is 6.32. The van der Waals surface area contributed by atoms with Crippen molar-refractivity contribution in [3.05, 3.63) is 58.2 Å². The van der Waals surface area contributed by atoms with Crippen molar-refractivity contribution in [2.45, 2.75) is 19.9 Å². The highest BCUT2D eigenvalue weighted by atomic mass is 35.5. The number of carbonyl (C=O) groups is 1. The Bertz CT molecular complexity index is 897. The maximum atomic E-state index is 12.6. The summed E-state index contributed by atoms with van der Waals surface area (Å²) in [4.78, 5) is 14.6. The van der Waals surface area contributed by atoms with E-state index in [9.17, 15) is 4.79 Å². The summed E-state index contributed by atoms with van der Waals surface area (Å²) < 4.78 is 11.2. The van der Waals surface area contributed by atoms with E-state index >= 15 is 0 Å². The quantitative estimate of drug-likeness (QED) is 0.735. The molecule has 0 radical (unpaired) electrons. The number of carbonyl (C=O) groups excluding carboxylic acids is 1. The fourth-order valence-corrected chi connectivity index (χ4v) is 3.01. The number of hydrogen-bond donors (Lipinski definition) is 1. The number of furan rings is 2. The largest absolute Gasteiger partial charge is 0.468 e. The second kappa shape index (κ2) is 6.94. The van der Waals surface area contributed by atoms with Crippen LogP contribution in [-0.4, -0.2) is 31.4 Å². The number of nitrogens with zero attached hydrogens (tertiary/aromatic N) is 1. The van der Waals surface area contributed by atoms with E-state index in [4.69, 9.17) is 20.4 Å². The lowest BCUT2D eigenvalue weighted by atomic mass is 10.1. The van der Waals surface area contributed by atoms with Crippen LogP contribution in [0.3, 0.4) is 0 Å². The molecule has 1 amide bonds. The van der Waals surface area contributed by atoms with E-state index in [0.29, 0.717) is 22.9 Å². The van der Waals surface area contributed by atoms with Crippen LogP contribution in [0, 0.1) is 13.8 Å². The average Bonchev–Trinajstić information content (AvgIpc) is 3.18. The van der Waals surface area contributed by atoms with E-state index in [1.807, 2.05) is 57.1 Å². The minimum atomic E-state index is -0.249. The summed E-state index contributed by atoms with van der Waals surface area (Å²) in [6.07, 6.45) is 1.63. The Morgan fingerprint density at radius 2 is 2.08 bits per heavy atom. The van der Waals surface area contributed by atoms with Crippen molar-refractivity contribution in [2.24, 2.45) is 0 Å². The van der Waals surface area contributed by atoms with E-state index in [2.05, 4.69) is 5.32 Å². The lowest BCUT2D eigenvalue weighted by Crippen LogP contribution is -2.34. The van der Waals surface area contributed by atoms with Gasteiger partial charge in [0.2, 0.25) is 0 Å². The van der Waals surface area contributed by atoms with Gasteiger partial charge in [0.25, 0.3) is 5.91 Å². The summed E-state index contributed by atoms with van der Waals surface area (Å²) in [5, 5.41) is 4.45. The molecule has 0 fully saturated rings. The fourth-order valence-electron chi connectivity index (χ4n) is 2.85. The van der Waals surface area contributed by atoms with Crippen LogP contribution in [0.5, 0.6) is 0 Å². The third-order valence-corrected chi connectivity index (χ3v) is 4.78. The Balaban J connectivity index is 1.81. The van der Waals surface area contributed by atoms with Crippen LogP contribution in [0.25, 0.3) is 11.0 Å². The van der Waals surface area contributed by atoms with E-state index in [0.717, 1.165) is 22.3 Å². The SMILES string of the molecule is Cc1cc2oc(C(=O)NC[C@@H](c3ccco3)N(C)C)c(C)c2cc1Cl. The van der Waals surface area contributed by atoms with Crippen molar-refractivity contribution < 1.29 is 13.6 Å². The van der Waals surface area contributed by atoms with E-state index in [-0.39, 0.29) is 11.9 Å². The second-order valence-electron chi connectivity index (χ2n) is 6.36. The number of halogens is 1. The minimum Gasteiger partial charge on any atom is -0.468 e. The topological polar surface area (TPSA) is 58.6 Å². The highest BCUT2D eigenvalue weighted by Gasteiger charge is 2.22. The monoisotopic (exact) mass is 360 g/mol. The molecule has 0 aliphatic heterocycles. The number of amides is 1. The minimum absolute atomic E-state index is 0.0553. The van der Waals surface area contributed by atoms with Gasteiger partial charge in [0.1, 0.15) is 11.3 Å². The van der Waals surface area contributed by atoms with Crippen LogP contribution >= 0.6 is 11.6 Å². The molecule has 2 aromatic heterocycles. The first-order valence-electron chi connectivity index (χ1n) is 8.05. The molecule has 3 rings (SSSR count). The smallest absolute Gasteiger partial charge is 0.287 e. The van der Waals surface area contributed by atoms with Gasteiger partial charge < -0.3 is 14.2 Å². The summed E-state index contributed by atoms with van der Waals surface area (Å²) in [7, 11) is 3.88. The first-order valence-corrected chi connectivity index (χ1v) is 8.43. The zero-order valence-electron chi connectivity index (χ0n) is 14.7. The van der Waals surface area contributed by atoms with Crippen LogP contribution in [0.2, 0.25) is 5.02 Å². The van der Waals surface area contributed by atoms with Crippen LogP contribution in [-0.2, 0) is 0 Å². The lowest BCUT2D eigenvalue weighted by molar-refractivity contribution is 0.0912. The summed E-state index contributed by atoms with van der Waals surface area (Å²) in [6.45, 7) is 4.18. The Hall–Kier alpha value is -2.24. The number of benzene rings is 1. The first-order chi connectivity index (χ1) is 11.9. The zero-order chi connectivity index (χ0) is 18.1. The standard InChI is InChI=1S/C19H21ClN2O3/c1-11-8-17-13(9-14(11)20)12(2)18(25-17)19(23)21-10-15(22(3)4)16-6-5-7-24-16/h5-9,15H,10H2,1-4H3,(H,21,23)/t15-/m0/s1.